The van der Waals surface area contributed by atoms with Gasteiger partial charge in [-0.1, -0.05) is 91.9 Å². The van der Waals surface area contributed by atoms with E-state index in [4.69, 9.17) is 11.2 Å². The number of rotatable bonds is 16. The van der Waals surface area contributed by atoms with E-state index in [0.717, 1.165) is 43.6 Å². The third-order valence-corrected chi connectivity index (χ3v) is 5.45. The van der Waals surface area contributed by atoms with E-state index in [9.17, 15) is 0 Å². The zero-order valence-corrected chi connectivity index (χ0v) is 18.2. The average Bonchev–Trinajstić information content (AvgIpc) is 2.54. The number of hydrogen-bond acceptors (Lipinski definition) is 1. The van der Waals surface area contributed by atoms with Crippen molar-refractivity contribution in [1.82, 2.24) is 0 Å². The Kier molecular flexibility index (Phi) is 14.4. The maximum Gasteiger partial charge on any atom is 0.125 e. The van der Waals surface area contributed by atoms with Gasteiger partial charge in [-0.2, -0.15) is 0 Å². The minimum absolute atomic E-state index is 0.361. The minimum atomic E-state index is -0.361. The molecule has 0 radical (unpaired) electrons. The second kappa shape index (κ2) is 14.7. The first-order valence-electron chi connectivity index (χ1n) is 10.9. The van der Waals surface area contributed by atoms with Crippen LogP contribution in [-0.2, 0) is 4.74 Å². The first kappa shape index (κ1) is 24.5. The molecule has 0 aliphatic heterocycles. The normalized spacial score (nSPS) is 16.4. The topological polar surface area (TPSA) is 9.23 Å². The molecule has 0 saturated heterocycles. The van der Waals surface area contributed by atoms with Crippen molar-refractivity contribution in [2.24, 2.45) is 17.8 Å². The largest absolute Gasteiger partial charge is 0.363 e. The predicted molar refractivity (Wildman–Crippen MR) is 113 cm³/mol. The smallest absolute Gasteiger partial charge is 0.125 e. The molecule has 0 saturated carbocycles. The Morgan fingerprint density at radius 2 is 1.36 bits per heavy atom. The quantitative estimate of drug-likeness (QED) is 0.205. The van der Waals surface area contributed by atoms with Gasteiger partial charge < -0.3 is 4.74 Å². The van der Waals surface area contributed by atoms with Gasteiger partial charge in [0.2, 0.25) is 0 Å². The summed E-state index contributed by atoms with van der Waals surface area (Å²) in [4.78, 5) is 0. The maximum absolute atomic E-state index is 5.93. The van der Waals surface area contributed by atoms with E-state index in [1.807, 2.05) is 0 Å². The molecule has 0 spiro atoms. The number of terminal acetylenes is 1. The van der Waals surface area contributed by atoms with Crippen LogP contribution < -0.4 is 0 Å². The number of ether oxygens (including phenoxy) is 1. The minimum Gasteiger partial charge on any atom is -0.363 e. The first-order valence-corrected chi connectivity index (χ1v) is 10.9. The zero-order chi connectivity index (χ0) is 19.1. The van der Waals surface area contributed by atoms with Crippen molar-refractivity contribution in [3.63, 3.8) is 0 Å². The Labute approximate surface area is 159 Å². The van der Waals surface area contributed by atoms with Crippen LogP contribution in [0.4, 0.5) is 0 Å². The molecule has 0 aromatic rings. The molecule has 0 bridgehead atoms. The van der Waals surface area contributed by atoms with Crippen LogP contribution in [-0.4, -0.2) is 12.2 Å². The van der Waals surface area contributed by atoms with Crippen molar-refractivity contribution >= 4 is 0 Å². The molecule has 0 aromatic heterocycles. The van der Waals surface area contributed by atoms with Crippen LogP contribution in [0.15, 0.2) is 0 Å². The second-order valence-electron chi connectivity index (χ2n) is 8.94. The van der Waals surface area contributed by atoms with Gasteiger partial charge in [0, 0.05) is 6.61 Å². The second-order valence-corrected chi connectivity index (χ2v) is 8.94. The molecule has 0 fully saturated rings. The van der Waals surface area contributed by atoms with Crippen molar-refractivity contribution in [2.45, 2.75) is 118 Å². The zero-order valence-electron chi connectivity index (χ0n) is 18.2. The lowest BCUT2D eigenvalue weighted by Crippen LogP contribution is -2.27. The van der Waals surface area contributed by atoms with Gasteiger partial charge in [0.05, 0.1) is 0 Å². The lowest BCUT2D eigenvalue weighted by atomic mass is 9.90. The van der Waals surface area contributed by atoms with Gasteiger partial charge in [-0.05, 0) is 43.9 Å². The third kappa shape index (κ3) is 14.4. The maximum atomic E-state index is 5.93. The number of unbranched alkanes of at least 4 members (excludes halogenated alkanes) is 1. The SMILES string of the molecule is C#C[C@@](C)(CCC[C@H](C)CCC[C@H](C)CCCC(C)C)OCCCC. The molecule has 0 aliphatic carbocycles. The van der Waals surface area contributed by atoms with Crippen LogP contribution in [0, 0.1) is 30.1 Å². The van der Waals surface area contributed by atoms with Gasteiger partial charge >= 0.3 is 0 Å². The summed E-state index contributed by atoms with van der Waals surface area (Å²) in [5.41, 5.74) is -0.361. The highest BCUT2D eigenvalue weighted by Gasteiger charge is 2.21. The molecular formula is C24H46O. The molecule has 0 aliphatic rings. The highest BCUT2D eigenvalue weighted by atomic mass is 16.5. The average molecular weight is 351 g/mol. The van der Waals surface area contributed by atoms with Gasteiger partial charge in [-0.15, -0.1) is 6.42 Å². The van der Waals surface area contributed by atoms with Crippen LogP contribution in [0.2, 0.25) is 0 Å². The Morgan fingerprint density at radius 3 is 1.84 bits per heavy atom. The Balaban J connectivity index is 3.78. The van der Waals surface area contributed by atoms with E-state index in [0.29, 0.717) is 0 Å². The van der Waals surface area contributed by atoms with Crippen LogP contribution in [0.1, 0.15) is 112 Å². The highest BCUT2D eigenvalue weighted by molar-refractivity contribution is 5.05. The fourth-order valence-corrected chi connectivity index (χ4v) is 3.39. The molecule has 0 heterocycles. The first-order chi connectivity index (χ1) is 11.8. The summed E-state index contributed by atoms with van der Waals surface area (Å²) in [7, 11) is 0. The lowest BCUT2D eigenvalue weighted by molar-refractivity contribution is 0.00335. The van der Waals surface area contributed by atoms with Gasteiger partial charge in [-0.25, -0.2) is 0 Å². The van der Waals surface area contributed by atoms with E-state index in [-0.39, 0.29) is 5.60 Å². The molecule has 25 heavy (non-hydrogen) atoms. The summed E-state index contributed by atoms with van der Waals surface area (Å²) in [6.07, 6.45) is 19.7. The van der Waals surface area contributed by atoms with Crippen molar-refractivity contribution in [3.8, 4) is 12.3 Å². The summed E-state index contributed by atoms with van der Waals surface area (Å²) in [5.74, 6) is 5.43. The number of hydrogen-bond donors (Lipinski definition) is 0. The van der Waals surface area contributed by atoms with Gasteiger partial charge in [0.1, 0.15) is 5.60 Å². The standard InChI is InChI=1S/C24H46O/c1-8-10-20-25-24(7,9-2)19-13-18-23(6)17-12-16-22(5)15-11-14-21(3)4/h2,21-23H,8,10-20H2,1,3-7H3/t22-,23-,24+/m1/s1. The van der Waals surface area contributed by atoms with Crippen LogP contribution in [0.25, 0.3) is 0 Å². The summed E-state index contributed by atoms with van der Waals surface area (Å²) in [5, 5.41) is 0. The fourth-order valence-electron chi connectivity index (χ4n) is 3.39. The van der Waals surface area contributed by atoms with Crippen LogP contribution >= 0.6 is 0 Å². The molecule has 0 aromatic carbocycles. The molecule has 0 rings (SSSR count). The summed E-state index contributed by atoms with van der Waals surface area (Å²) < 4.78 is 5.93. The van der Waals surface area contributed by atoms with Crippen molar-refractivity contribution in [3.05, 3.63) is 0 Å². The molecule has 0 N–H and O–H groups in total. The van der Waals surface area contributed by atoms with E-state index < -0.39 is 0 Å². The molecular weight excluding hydrogens is 304 g/mol. The molecule has 0 amide bonds. The Bertz CT molecular complexity index is 340. The van der Waals surface area contributed by atoms with Gasteiger partial charge in [-0.3, -0.25) is 0 Å². The van der Waals surface area contributed by atoms with Gasteiger partial charge in [0.25, 0.3) is 0 Å². The van der Waals surface area contributed by atoms with Crippen molar-refractivity contribution in [1.29, 1.82) is 0 Å². The lowest BCUT2D eigenvalue weighted by Gasteiger charge is -2.25. The van der Waals surface area contributed by atoms with E-state index >= 15 is 0 Å². The van der Waals surface area contributed by atoms with Crippen LogP contribution in [0.3, 0.4) is 0 Å². The van der Waals surface area contributed by atoms with Crippen LogP contribution in [0.5, 0.6) is 0 Å². The third-order valence-electron chi connectivity index (χ3n) is 5.45. The molecule has 1 heteroatoms. The van der Waals surface area contributed by atoms with E-state index in [1.165, 1.54) is 51.4 Å². The Hall–Kier alpha value is -0.480. The summed E-state index contributed by atoms with van der Waals surface area (Å²) in [6.45, 7) is 14.5. The highest BCUT2D eigenvalue weighted by Crippen LogP contribution is 2.24. The molecule has 3 atom stereocenters. The van der Waals surface area contributed by atoms with Crippen molar-refractivity contribution in [2.75, 3.05) is 6.61 Å². The molecule has 1 nitrogen and oxygen atoms in total. The molecule has 148 valence electrons. The predicted octanol–water partition coefficient (Wildman–Crippen LogP) is 7.63. The Morgan fingerprint density at radius 1 is 0.840 bits per heavy atom. The van der Waals surface area contributed by atoms with Gasteiger partial charge in [0.15, 0.2) is 0 Å². The summed E-state index contributed by atoms with van der Waals surface area (Å²) in [6, 6.07) is 0. The monoisotopic (exact) mass is 350 g/mol. The van der Waals surface area contributed by atoms with E-state index in [1.54, 1.807) is 0 Å². The van der Waals surface area contributed by atoms with E-state index in [2.05, 4.69) is 47.5 Å². The van der Waals surface area contributed by atoms with Crippen molar-refractivity contribution < 1.29 is 4.74 Å². The fraction of sp³-hybridized carbons (Fsp3) is 0.917. The molecule has 0 unspecified atom stereocenters. The summed E-state index contributed by atoms with van der Waals surface area (Å²) >= 11 is 0.